The Morgan fingerprint density at radius 1 is 1.31 bits per heavy atom. The average molecular weight is 186 g/mol. The van der Waals surface area contributed by atoms with Crippen LogP contribution in [0.15, 0.2) is 4.42 Å². The lowest BCUT2D eigenvalue weighted by atomic mass is 10.5. The highest BCUT2D eigenvalue weighted by Crippen LogP contribution is 2.32. The van der Waals surface area contributed by atoms with Gasteiger partial charge in [-0.3, -0.25) is 5.41 Å². The Hall–Kier alpha value is -2.25. The largest absolute Gasteiger partial charge is 0.501 e. The Bertz CT molecular complexity index is 533. The van der Waals surface area contributed by atoms with Crippen LogP contribution in [0.1, 0.15) is 0 Å². The molecule has 8 nitrogen and oxygen atoms in total. The lowest BCUT2D eigenvalue weighted by molar-refractivity contribution is 0.125. The van der Waals surface area contributed by atoms with Gasteiger partial charge in [0.25, 0.3) is 11.3 Å². The molecule has 0 saturated carbocycles. The normalized spacial score (nSPS) is 11.1. The molecule has 0 spiro atoms. The third-order valence-corrected chi connectivity index (χ3v) is 1.67. The van der Waals surface area contributed by atoms with Crippen LogP contribution in [0.5, 0.6) is 5.75 Å². The number of nitrogen functional groups attached to an aromatic ring is 1. The van der Waals surface area contributed by atoms with E-state index in [0.717, 1.165) is 0 Å². The second kappa shape index (κ2) is 1.91. The summed E-state index contributed by atoms with van der Waals surface area (Å²) in [5.41, 5.74) is 3.97. The first-order chi connectivity index (χ1) is 6.04. The molecule has 6 N–H and O–H groups in total. The van der Waals surface area contributed by atoms with Crippen LogP contribution in [0.25, 0.3) is 11.2 Å². The molecule has 0 aromatic carbocycles. The smallest absolute Gasteiger partial charge is 0.273 e. The van der Waals surface area contributed by atoms with Gasteiger partial charge in [0.15, 0.2) is 5.52 Å². The van der Waals surface area contributed by atoms with E-state index in [-0.39, 0.29) is 26.6 Å². The number of nitrogens with zero attached hydrogens (tertiary/aromatic N) is 2. The molecule has 0 aliphatic heterocycles. The van der Waals surface area contributed by atoms with E-state index in [1.807, 2.05) is 0 Å². The van der Waals surface area contributed by atoms with Crippen LogP contribution in [0.4, 0.5) is 5.88 Å². The topological polar surface area (TPSA) is 134 Å². The van der Waals surface area contributed by atoms with Crippen LogP contribution in [0.2, 0.25) is 0 Å². The molecular weight excluding hydrogens is 180 g/mol. The summed E-state index contributed by atoms with van der Waals surface area (Å²) in [4.78, 5) is 0. The van der Waals surface area contributed by atoms with Crippen LogP contribution in [0, 0.1) is 5.41 Å². The van der Waals surface area contributed by atoms with Crippen molar-refractivity contribution in [2.24, 2.45) is 0 Å². The fourth-order valence-electron chi connectivity index (χ4n) is 1.05. The van der Waals surface area contributed by atoms with E-state index in [0.29, 0.717) is 0 Å². The van der Waals surface area contributed by atoms with Crippen molar-refractivity contribution in [2.45, 2.75) is 0 Å². The third-order valence-electron chi connectivity index (χ3n) is 1.67. The van der Waals surface area contributed by atoms with E-state index in [1.165, 1.54) is 0 Å². The van der Waals surface area contributed by atoms with Gasteiger partial charge in [-0.25, -0.2) is 0 Å². The SMILES string of the molecule is N=c1n(O)c2oc(N)c(O)c2n1O. The number of anilines is 1. The Morgan fingerprint density at radius 3 is 2.46 bits per heavy atom. The Balaban J connectivity index is 3.10. The number of aromatic hydroxyl groups is 1. The van der Waals surface area contributed by atoms with Gasteiger partial charge in [-0.1, -0.05) is 0 Å². The fourth-order valence-corrected chi connectivity index (χ4v) is 1.05. The quantitative estimate of drug-likeness (QED) is 0.346. The van der Waals surface area contributed by atoms with Gasteiger partial charge in [-0.2, -0.15) is 0 Å². The summed E-state index contributed by atoms with van der Waals surface area (Å²) in [7, 11) is 0. The van der Waals surface area contributed by atoms with E-state index >= 15 is 0 Å². The second-order valence-electron chi connectivity index (χ2n) is 2.42. The maximum absolute atomic E-state index is 9.21. The average Bonchev–Trinajstić information content (AvgIpc) is 2.48. The highest BCUT2D eigenvalue weighted by Gasteiger charge is 2.21. The van der Waals surface area contributed by atoms with Crippen LogP contribution in [0.3, 0.4) is 0 Å². The molecule has 0 amide bonds. The van der Waals surface area contributed by atoms with Crippen molar-refractivity contribution in [3.05, 3.63) is 5.62 Å². The molecule has 0 radical (unpaired) electrons. The highest BCUT2D eigenvalue weighted by molar-refractivity contribution is 5.82. The molecule has 0 saturated heterocycles. The van der Waals surface area contributed by atoms with E-state index in [1.54, 1.807) is 0 Å². The zero-order valence-corrected chi connectivity index (χ0v) is 6.22. The summed E-state index contributed by atoms with van der Waals surface area (Å²) in [5.74, 6) is -0.852. The van der Waals surface area contributed by atoms with Gasteiger partial charge in [0, 0.05) is 0 Å². The number of aromatic nitrogens is 2. The molecule has 2 aromatic rings. The van der Waals surface area contributed by atoms with Crippen LogP contribution in [-0.2, 0) is 0 Å². The molecule has 2 heterocycles. The lowest BCUT2D eigenvalue weighted by Crippen LogP contribution is -2.21. The van der Waals surface area contributed by atoms with Crippen LogP contribution >= 0.6 is 0 Å². The second-order valence-corrected chi connectivity index (χ2v) is 2.42. The third kappa shape index (κ3) is 0.662. The molecule has 0 fully saturated rings. The van der Waals surface area contributed by atoms with E-state index in [2.05, 4.69) is 4.42 Å². The van der Waals surface area contributed by atoms with Gasteiger partial charge in [0.05, 0.1) is 0 Å². The summed E-state index contributed by atoms with van der Waals surface area (Å²) in [6.07, 6.45) is 0. The van der Waals surface area contributed by atoms with E-state index < -0.39 is 11.4 Å². The number of fused-ring (bicyclic) bond motifs is 1. The summed E-state index contributed by atoms with van der Waals surface area (Å²) < 4.78 is 5.18. The van der Waals surface area contributed by atoms with Gasteiger partial charge in [-0.15, -0.1) is 9.46 Å². The highest BCUT2D eigenvalue weighted by atomic mass is 16.5. The van der Waals surface area contributed by atoms with Crippen molar-refractivity contribution in [1.29, 1.82) is 5.41 Å². The fraction of sp³-hybridized carbons (Fsp3) is 0. The molecule has 0 unspecified atom stereocenters. The van der Waals surface area contributed by atoms with Gasteiger partial charge in [0.2, 0.25) is 11.6 Å². The number of hydrogen-bond donors (Lipinski definition) is 5. The lowest BCUT2D eigenvalue weighted by Gasteiger charge is -1.90. The number of rotatable bonds is 0. The number of hydrogen-bond acceptors (Lipinski definition) is 6. The first-order valence-electron chi connectivity index (χ1n) is 3.21. The van der Waals surface area contributed by atoms with E-state index in [4.69, 9.17) is 21.6 Å². The zero-order chi connectivity index (χ0) is 9.75. The molecule has 2 rings (SSSR count). The standard InChI is InChI=1S/C5H6N4O4/c6-3-2(10)1-4(13-3)9(12)5(7)8(1)11/h7,10-12H,6H2. The Labute approximate surface area is 70.1 Å². The zero-order valence-electron chi connectivity index (χ0n) is 6.22. The van der Waals surface area contributed by atoms with Gasteiger partial charge >= 0.3 is 0 Å². The number of furan rings is 1. The molecule has 0 aliphatic rings. The van der Waals surface area contributed by atoms with Gasteiger partial charge in [-0.05, 0) is 0 Å². The number of nitrogens with two attached hydrogens (primary N) is 1. The molecule has 8 heteroatoms. The molecule has 0 atom stereocenters. The Kier molecular flexibility index (Phi) is 1.09. The maximum Gasteiger partial charge on any atom is 0.273 e. The predicted octanol–water partition coefficient (Wildman–Crippen LogP) is -0.722. The number of nitrogens with one attached hydrogen (secondary N) is 1. The molecule has 0 aliphatic carbocycles. The van der Waals surface area contributed by atoms with Gasteiger partial charge < -0.3 is 25.7 Å². The van der Waals surface area contributed by atoms with Crippen LogP contribution < -0.4 is 11.4 Å². The minimum Gasteiger partial charge on any atom is -0.501 e. The maximum atomic E-state index is 9.21. The van der Waals surface area contributed by atoms with Gasteiger partial charge in [0.1, 0.15) is 0 Å². The predicted molar refractivity (Wildman–Crippen MR) is 38.5 cm³/mol. The van der Waals surface area contributed by atoms with Crippen molar-refractivity contribution in [1.82, 2.24) is 9.46 Å². The van der Waals surface area contributed by atoms with Crippen molar-refractivity contribution in [2.75, 3.05) is 5.73 Å². The van der Waals surface area contributed by atoms with Crippen molar-refractivity contribution >= 4 is 17.1 Å². The van der Waals surface area contributed by atoms with Crippen molar-refractivity contribution < 1.29 is 19.9 Å². The minimum absolute atomic E-state index is 0.245. The van der Waals surface area contributed by atoms with E-state index in [9.17, 15) is 5.11 Å². The molecule has 70 valence electrons. The monoisotopic (exact) mass is 186 g/mol. The number of imidazole rings is 1. The van der Waals surface area contributed by atoms with Crippen molar-refractivity contribution in [3.8, 4) is 5.75 Å². The summed E-state index contributed by atoms with van der Waals surface area (Å²) in [5, 5.41) is 34.5. The summed E-state index contributed by atoms with van der Waals surface area (Å²) in [6.45, 7) is 0. The molecule has 13 heavy (non-hydrogen) atoms. The summed E-state index contributed by atoms with van der Waals surface area (Å²) >= 11 is 0. The first-order valence-corrected chi connectivity index (χ1v) is 3.21. The first kappa shape index (κ1) is 7.40. The molecule has 2 aromatic heterocycles. The molecular formula is C5H6N4O4. The van der Waals surface area contributed by atoms with Crippen molar-refractivity contribution in [3.63, 3.8) is 0 Å². The Morgan fingerprint density at radius 2 is 1.92 bits per heavy atom. The minimum atomic E-state index is -0.649. The van der Waals surface area contributed by atoms with Crippen LogP contribution in [-0.4, -0.2) is 25.0 Å². The summed E-state index contributed by atoms with van der Waals surface area (Å²) in [6, 6.07) is 0. The molecule has 0 bridgehead atoms.